The normalized spacial score (nSPS) is 24.4. The highest BCUT2D eigenvalue weighted by atomic mass is 31.2. The van der Waals surface area contributed by atoms with Crippen LogP contribution in [-0.2, 0) is 23.4 Å². The number of nitrogens with two attached hydrogens (primary N) is 1. The Morgan fingerprint density at radius 2 is 2.00 bits per heavy atom. The maximum absolute atomic E-state index is 16.3. The Morgan fingerprint density at radius 1 is 1.30 bits per heavy atom. The van der Waals surface area contributed by atoms with Crippen molar-refractivity contribution in [1.29, 1.82) is 0 Å². The van der Waals surface area contributed by atoms with Crippen LogP contribution in [0.3, 0.4) is 0 Å². The number of carbonyl (C=O) groups excluding carboxylic acids is 1. The highest BCUT2D eigenvalue weighted by Gasteiger charge is 2.56. The molecule has 0 radical (unpaired) electrons. The first-order valence-electron chi connectivity index (χ1n) is 13.8. The van der Waals surface area contributed by atoms with Gasteiger partial charge in [0.05, 0.1) is 19.5 Å². The number of nitrogens with zero attached hydrogens (tertiary/aromatic N) is 4. The Balaban J connectivity index is 1.55. The van der Waals surface area contributed by atoms with Gasteiger partial charge in [-0.3, -0.25) is 13.9 Å². The molecule has 1 fully saturated rings. The molecule has 0 saturated carbocycles. The number of aliphatic hydroxyl groups is 1. The summed E-state index contributed by atoms with van der Waals surface area (Å²) in [5, 5.41) is 13.4. The fraction of sp³-hybridized carbons (Fsp3) is 0.556. The van der Waals surface area contributed by atoms with Crippen LogP contribution in [0, 0.1) is 11.3 Å². The topological polar surface area (TPSA) is 182 Å². The Bertz CT molecular complexity index is 1470. The third-order valence-electron chi connectivity index (χ3n) is 6.42. The second-order valence-corrected chi connectivity index (χ2v) is 13.1. The van der Waals surface area contributed by atoms with Crippen LogP contribution in [0.2, 0.25) is 0 Å². The van der Waals surface area contributed by atoms with E-state index in [1.165, 1.54) is 30.0 Å². The zero-order valence-electron chi connectivity index (χ0n) is 24.9. The molecule has 6 unspecified atom stereocenters. The third-order valence-corrected chi connectivity index (χ3v) is 8.04. The molecule has 4 rings (SSSR count). The number of hydrogen-bond donors (Lipinski definition) is 3. The molecule has 16 heteroatoms. The molecule has 0 spiro atoms. The molecule has 43 heavy (non-hydrogen) atoms. The van der Waals surface area contributed by atoms with Gasteiger partial charge in [-0.05, 0) is 31.4 Å². The van der Waals surface area contributed by atoms with E-state index in [4.69, 9.17) is 29.0 Å². The van der Waals surface area contributed by atoms with Crippen LogP contribution in [0.1, 0.15) is 47.8 Å². The largest absolute Gasteiger partial charge is 0.476 e. The maximum atomic E-state index is 16.3. The van der Waals surface area contributed by atoms with Crippen molar-refractivity contribution < 1.29 is 42.1 Å². The number of nitrogens with one attached hydrogen (secondary N) is 1. The zero-order chi connectivity index (χ0) is 31.6. The van der Waals surface area contributed by atoms with E-state index >= 15 is 4.39 Å². The van der Waals surface area contributed by atoms with E-state index in [-0.39, 0.29) is 40.8 Å². The van der Waals surface area contributed by atoms with E-state index in [9.17, 15) is 14.5 Å². The molecule has 2 aromatic heterocycles. The molecule has 0 amide bonds. The van der Waals surface area contributed by atoms with Gasteiger partial charge in [0.25, 0.3) is 5.85 Å². The van der Waals surface area contributed by atoms with Crippen molar-refractivity contribution in [3.8, 4) is 11.6 Å². The molecule has 4 N–H and O–H groups in total. The molecular weight excluding hydrogens is 586 g/mol. The third kappa shape index (κ3) is 7.60. The summed E-state index contributed by atoms with van der Waals surface area (Å²) in [4.78, 5) is 25.1. The monoisotopic (exact) mass is 624 g/mol. The van der Waals surface area contributed by atoms with E-state index in [0.29, 0.717) is 6.61 Å². The Labute approximate surface area is 248 Å². The van der Waals surface area contributed by atoms with E-state index < -0.39 is 50.5 Å². The maximum Gasteiger partial charge on any atom is 0.459 e. The number of imidazole rings is 1. The minimum absolute atomic E-state index is 0.0982. The first-order chi connectivity index (χ1) is 20.1. The molecule has 0 aliphatic carbocycles. The number of anilines is 1. The molecule has 1 aliphatic rings. The first kappa shape index (κ1) is 32.6. The smallest absolute Gasteiger partial charge is 0.459 e. The van der Waals surface area contributed by atoms with Crippen LogP contribution in [0.5, 0.6) is 11.6 Å². The van der Waals surface area contributed by atoms with E-state index in [1.807, 2.05) is 20.8 Å². The van der Waals surface area contributed by atoms with Gasteiger partial charge in [0.1, 0.15) is 30.7 Å². The summed E-state index contributed by atoms with van der Waals surface area (Å²) in [5.74, 6) is -4.24. The first-order valence-corrected chi connectivity index (χ1v) is 15.3. The molecule has 14 nitrogen and oxygen atoms in total. The van der Waals surface area contributed by atoms with Gasteiger partial charge in [-0.25, -0.2) is 13.9 Å². The SMILES string of the molecule is CCOc1nc(N)nc2c1ncn2C1OC(F)(COP(=O)(NC(C)C(=O)OCC(C)(C)C)Oc2ccccc2)C(O)C1C. The summed E-state index contributed by atoms with van der Waals surface area (Å²) < 4.78 is 59.1. The molecule has 3 aromatic rings. The molecule has 6 atom stereocenters. The highest BCUT2D eigenvalue weighted by molar-refractivity contribution is 7.52. The van der Waals surface area contributed by atoms with Gasteiger partial charge in [-0.2, -0.15) is 15.1 Å². The van der Waals surface area contributed by atoms with Crippen LogP contribution in [-0.4, -0.2) is 68.4 Å². The number of nitrogen functional groups attached to an aromatic ring is 1. The van der Waals surface area contributed by atoms with Crippen molar-refractivity contribution in [2.75, 3.05) is 25.6 Å². The number of aliphatic hydroxyl groups excluding tert-OH is 1. The second kappa shape index (κ2) is 12.7. The van der Waals surface area contributed by atoms with Gasteiger partial charge < -0.3 is 29.6 Å². The Morgan fingerprint density at radius 3 is 2.65 bits per heavy atom. The number of fused-ring (bicyclic) bond motifs is 1. The number of esters is 1. The van der Waals surface area contributed by atoms with Crippen LogP contribution in [0.4, 0.5) is 10.3 Å². The number of hydrogen-bond acceptors (Lipinski definition) is 12. The summed E-state index contributed by atoms with van der Waals surface area (Å²) in [6.45, 7) is 9.78. The van der Waals surface area contributed by atoms with Gasteiger partial charge >= 0.3 is 13.7 Å². The van der Waals surface area contributed by atoms with Crippen molar-refractivity contribution in [2.24, 2.45) is 11.3 Å². The van der Waals surface area contributed by atoms with Crippen molar-refractivity contribution >= 4 is 30.8 Å². The van der Waals surface area contributed by atoms with E-state index in [0.717, 1.165) is 0 Å². The Kier molecular flexibility index (Phi) is 9.62. The van der Waals surface area contributed by atoms with E-state index in [2.05, 4.69) is 20.0 Å². The van der Waals surface area contributed by atoms with Gasteiger partial charge in [0.2, 0.25) is 11.8 Å². The number of alkyl halides is 1. The average molecular weight is 625 g/mol. The summed E-state index contributed by atoms with van der Waals surface area (Å²) in [6, 6.07) is 6.86. The number of halogens is 1. The predicted molar refractivity (Wildman–Crippen MR) is 154 cm³/mol. The van der Waals surface area contributed by atoms with Crippen molar-refractivity contribution in [3.63, 3.8) is 0 Å². The van der Waals surface area contributed by atoms with Crippen LogP contribution < -0.4 is 20.1 Å². The van der Waals surface area contributed by atoms with Gasteiger partial charge in [0, 0.05) is 5.92 Å². The minimum atomic E-state index is -4.45. The number of aromatic nitrogens is 4. The second-order valence-electron chi connectivity index (χ2n) is 11.4. The van der Waals surface area contributed by atoms with E-state index in [1.54, 1.807) is 32.0 Å². The molecule has 3 heterocycles. The molecule has 0 bridgehead atoms. The van der Waals surface area contributed by atoms with Crippen LogP contribution in [0.25, 0.3) is 11.2 Å². The standard InChI is InChI=1S/C27H38FN6O8P/c1-7-38-22-19-21(31-25(29)32-22)34(15-30-19)23-16(2)20(35)27(28,41-23)14-40-43(37,42-18-11-9-8-10-12-18)33-17(3)24(36)39-13-26(4,5)6/h8-12,15-17,20,23,35H,7,13-14H2,1-6H3,(H,33,37)(H2,29,31,32). The lowest BCUT2D eigenvalue weighted by molar-refractivity contribution is -0.202. The van der Waals surface area contributed by atoms with Crippen LogP contribution in [0.15, 0.2) is 36.7 Å². The fourth-order valence-electron chi connectivity index (χ4n) is 4.27. The highest BCUT2D eigenvalue weighted by Crippen LogP contribution is 2.49. The average Bonchev–Trinajstić information content (AvgIpc) is 3.45. The molecular formula is C27H38FN6O8P. The van der Waals surface area contributed by atoms with Gasteiger partial charge in [-0.15, -0.1) is 0 Å². The van der Waals surface area contributed by atoms with Crippen LogP contribution >= 0.6 is 7.75 Å². The lowest BCUT2D eigenvalue weighted by Crippen LogP contribution is -2.42. The molecule has 1 aromatic carbocycles. The summed E-state index contributed by atoms with van der Waals surface area (Å²) in [5.41, 5.74) is 6.01. The van der Waals surface area contributed by atoms with Crippen molar-refractivity contribution in [3.05, 3.63) is 36.7 Å². The summed E-state index contributed by atoms with van der Waals surface area (Å²) >= 11 is 0. The quantitative estimate of drug-likeness (QED) is 0.196. The number of para-hydroxylation sites is 1. The number of rotatable bonds is 12. The lowest BCUT2D eigenvalue weighted by atomic mass is 9.99. The predicted octanol–water partition coefficient (Wildman–Crippen LogP) is 3.77. The number of ether oxygens (including phenoxy) is 3. The number of benzene rings is 1. The van der Waals surface area contributed by atoms with Gasteiger partial charge in [-0.1, -0.05) is 45.9 Å². The summed E-state index contributed by atoms with van der Waals surface area (Å²) in [7, 11) is -4.45. The zero-order valence-corrected chi connectivity index (χ0v) is 25.8. The van der Waals surface area contributed by atoms with Crippen molar-refractivity contribution in [2.45, 2.75) is 65.8 Å². The molecule has 236 valence electrons. The fourth-order valence-corrected chi connectivity index (χ4v) is 5.78. The number of carbonyl (C=O) groups is 1. The molecule has 1 aliphatic heterocycles. The van der Waals surface area contributed by atoms with Crippen molar-refractivity contribution in [1.82, 2.24) is 24.6 Å². The van der Waals surface area contributed by atoms with Gasteiger partial charge in [0.15, 0.2) is 11.2 Å². The lowest BCUT2D eigenvalue weighted by Gasteiger charge is -2.28. The summed E-state index contributed by atoms with van der Waals surface area (Å²) in [6.07, 6.45) is -1.51. The minimum Gasteiger partial charge on any atom is -0.476 e. The Hall–Kier alpha value is -3.36. The molecule has 1 saturated heterocycles.